The normalized spacial score (nSPS) is 29.3. The molecule has 6 atom stereocenters. The molecule has 1 fully saturated rings. The molecule has 3 heterocycles. The maximum absolute atomic E-state index is 13.3. The molecule has 1 spiro atoms. The predicted molar refractivity (Wildman–Crippen MR) is 137 cm³/mol. The van der Waals surface area contributed by atoms with Gasteiger partial charge < -0.3 is 29.2 Å². The molecule has 1 aromatic rings. The number of carbonyl (C=O) groups excluding carboxylic acids is 2. The lowest BCUT2D eigenvalue weighted by molar-refractivity contribution is -0.214. The highest BCUT2D eigenvalue weighted by Crippen LogP contribution is 2.56. The van der Waals surface area contributed by atoms with Crippen LogP contribution in [0, 0.1) is 17.3 Å². The van der Waals surface area contributed by atoms with E-state index < -0.39 is 29.2 Å². The summed E-state index contributed by atoms with van der Waals surface area (Å²) in [4.78, 5) is 37.8. The van der Waals surface area contributed by atoms with Crippen molar-refractivity contribution >= 4 is 17.7 Å². The maximum atomic E-state index is 13.3. The van der Waals surface area contributed by atoms with E-state index in [4.69, 9.17) is 18.9 Å². The van der Waals surface area contributed by atoms with E-state index in [9.17, 15) is 24.6 Å². The van der Waals surface area contributed by atoms with Crippen LogP contribution >= 0.6 is 0 Å². The van der Waals surface area contributed by atoms with E-state index in [-0.39, 0.29) is 53.8 Å². The average molecular weight is 533 g/mol. The van der Waals surface area contributed by atoms with Crippen molar-refractivity contribution in [2.75, 3.05) is 13.7 Å². The topological polar surface area (TPSA) is 129 Å². The van der Waals surface area contributed by atoms with Crippen LogP contribution in [-0.2, 0) is 30.2 Å². The molecule has 2 N–H and O–H groups in total. The third-order valence-electron chi connectivity index (χ3n) is 8.95. The molecule has 210 valence electrons. The minimum atomic E-state index is -1.30. The number of aromatic carboxylic acids is 1. The van der Waals surface area contributed by atoms with Gasteiger partial charge in [0.05, 0.1) is 25.9 Å². The van der Waals surface area contributed by atoms with E-state index in [2.05, 4.69) is 6.92 Å². The number of benzene rings is 1. The van der Waals surface area contributed by atoms with Crippen LogP contribution in [0.1, 0.15) is 100 Å². The third-order valence-corrected chi connectivity index (χ3v) is 8.95. The Balaban J connectivity index is 1.65. The molecule has 0 aliphatic carbocycles. The SMILES string of the molecule is CCCCC[C@H]1Cc2cc(O)c(C(=O)O)c3c2[C@@H](C[C@@]2(OC[C@@H](CC(=O)C(C)(CC)C(=O)OC)[C@@H]2C)O3)O1. The van der Waals surface area contributed by atoms with Crippen molar-refractivity contribution in [2.45, 2.75) is 97.1 Å². The molecule has 38 heavy (non-hydrogen) atoms. The Hall–Kier alpha value is -2.65. The first-order valence-corrected chi connectivity index (χ1v) is 13.7. The fraction of sp³-hybridized carbons (Fsp3) is 0.690. The van der Waals surface area contributed by atoms with Gasteiger partial charge in [0.1, 0.15) is 28.3 Å². The van der Waals surface area contributed by atoms with Gasteiger partial charge in [0.2, 0.25) is 5.79 Å². The van der Waals surface area contributed by atoms with Crippen molar-refractivity contribution in [3.8, 4) is 11.5 Å². The van der Waals surface area contributed by atoms with Crippen LogP contribution in [0.4, 0.5) is 0 Å². The van der Waals surface area contributed by atoms with Crippen molar-refractivity contribution in [2.24, 2.45) is 17.3 Å². The Morgan fingerprint density at radius 2 is 1.97 bits per heavy atom. The number of methoxy groups -OCH3 is 1. The highest BCUT2D eigenvalue weighted by atomic mass is 16.7. The van der Waals surface area contributed by atoms with Gasteiger partial charge in [-0.3, -0.25) is 9.59 Å². The number of rotatable bonds is 10. The van der Waals surface area contributed by atoms with Crippen molar-refractivity contribution in [3.63, 3.8) is 0 Å². The molecule has 1 saturated heterocycles. The van der Waals surface area contributed by atoms with E-state index in [0.717, 1.165) is 31.2 Å². The molecule has 1 unspecified atom stereocenters. The maximum Gasteiger partial charge on any atom is 0.343 e. The van der Waals surface area contributed by atoms with Crippen LogP contribution in [-0.4, -0.2) is 53.5 Å². The second-order valence-corrected chi connectivity index (χ2v) is 11.2. The summed E-state index contributed by atoms with van der Waals surface area (Å²) in [7, 11) is 1.27. The number of aromatic hydroxyl groups is 1. The Labute approximate surface area is 223 Å². The van der Waals surface area contributed by atoms with Crippen molar-refractivity contribution in [3.05, 3.63) is 22.8 Å². The monoisotopic (exact) mass is 532 g/mol. The highest BCUT2D eigenvalue weighted by Gasteiger charge is 2.57. The van der Waals surface area contributed by atoms with Gasteiger partial charge in [-0.05, 0) is 43.7 Å². The quantitative estimate of drug-likeness (QED) is 0.244. The number of carbonyl (C=O) groups is 3. The summed E-state index contributed by atoms with van der Waals surface area (Å²) < 4.78 is 24.1. The first-order valence-electron chi connectivity index (χ1n) is 13.7. The van der Waals surface area contributed by atoms with E-state index in [0.29, 0.717) is 24.8 Å². The highest BCUT2D eigenvalue weighted by molar-refractivity contribution is 6.03. The number of ether oxygens (including phenoxy) is 4. The van der Waals surface area contributed by atoms with Crippen molar-refractivity contribution in [1.29, 1.82) is 0 Å². The number of esters is 1. The van der Waals surface area contributed by atoms with Crippen LogP contribution in [0.2, 0.25) is 0 Å². The van der Waals surface area contributed by atoms with Crippen molar-refractivity contribution < 1.29 is 43.5 Å². The van der Waals surface area contributed by atoms with Crippen LogP contribution in [0.25, 0.3) is 0 Å². The van der Waals surface area contributed by atoms with Gasteiger partial charge in [-0.2, -0.15) is 0 Å². The number of hydrogen-bond acceptors (Lipinski definition) is 8. The standard InChI is InChI=1S/C29H40O9/c1-6-8-9-10-19-11-17-12-20(30)24(26(32)33)25-23(17)21(37-19)14-29(38-25)16(3)18(15-36-29)13-22(31)28(4,7-2)27(34)35-5/h12,16,18-19,21,30H,6-11,13-15H2,1-5H3,(H,32,33)/t16-,18+,19-,21+,28?,29+/m0/s1. The Morgan fingerprint density at radius 1 is 1.24 bits per heavy atom. The minimum absolute atomic E-state index is 0.0588. The largest absolute Gasteiger partial charge is 0.507 e. The Morgan fingerprint density at radius 3 is 2.61 bits per heavy atom. The lowest BCUT2D eigenvalue weighted by Gasteiger charge is -2.46. The molecule has 0 radical (unpaired) electrons. The molecule has 3 aliphatic rings. The zero-order valence-corrected chi connectivity index (χ0v) is 23.0. The lowest BCUT2D eigenvalue weighted by Crippen LogP contribution is -2.48. The summed E-state index contributed by atoms with van der Waals surface area (Å²) in [5, 5.41) is 20.6. The molecule has 0 bridgehead atoms. The smallest absolute Gasteiger partial charge is 0.343 e. The number of carboxylic acids is 1. The van der Waals surface area contributed by atoms with Crippen LogP contribution < -0.4 is 4.74 Å². The zero-order valence-electron chi connectivity index (χ0n) is 23.0. The number of unbranched alkanes of at least 4 members (excludes halogenated alkanes) is 2. The molecule has 9 heteroatoms. The molecule has 3 aliphatic heterocycles. The van der Waals surface area contributed by atoms with E-state index in [1.54, 1.807) is 13.8 Å². The van der Waals surface area contributed by atoms with Crippen molar-refractivity contribution in [1.82, 2.24) is 0 Å². The number of carboxylic acid groups (broad SMARTS) is 1. The summed E-state index contributed by atoms with van der Waals surface area (Å²) in [6.45, 7) is 7.65. The van der Waals surface area contributed by atoms with Crippen LogP contribution in [0.15, 0.2) is 6.07 Å². The first kappa shape index (κ1) is 28.4. The fourth-order valence-corrected chi connectivity index (χ4v) is 6.19. The van der Waals surface area contributed by atoms with Gasteiger partial charge >= 0.3 is 11.9 Å². The molecule has 9 nitrogen and oxygen atoms in total. The molecular weight excluding hydrogens is 492 g/mol. The van der Waals surface area contributed by atoms with E-state index >= 15 is 0 Å². The third kappa shape index (κ3) is 4.79. The molecule has 1 aromatic carbocycles. The first-order chi connectivity index (χ1) is 18.0. The van der Waals surface area contributed by atoms with E-state index in [1.165, 1.54) is 13.2 Å². The Bertz CT molecular complexity index is 1100. The second-order valence-electron chi connectivity index (χ2n) is 11.2. The summed E-state index contributed by atoms with van der Waals surface area (Å²) in [6, 6.07) is 1.53. The van der Waals surface area contributed by atoms with Gasteiger partial charge in [-0.1, -0.05) is 40.0 Å². The summed E-state index contributed by atoms with van der Waals surface area (Å²) in [5.41, 5.74) is -0.0542. The molecule has 0 saturated carbocycles. The minimum Gasteiger partial charge on any atom is -0.507 e. The Kier molecular flexibility index (Phi) is 8.09. The summed E-state index contributed by atoms with van der Waals surface area (Å²) in [6.07, 6.45) is 4.88. The van der Waals surface area contributed by atoms with Gasteiger partial charge in [-0.15, -0.1) is 0 Å². The van der Waals surface area contributed by atoms with Gasteiger partial charge in [0, 0.05) is 24.3 Å². The fourth-order valence-electron chi connectivity index (χ4n) is 6.19. The molecule has 0 amide bonds. The van der Waals surface area contributed by atoms with Crippen LogP contribution in [0.5, 0.6) is 11.5 Å². The molecular formula is C29H40O9. The average Bonchev–Trinajstić information content (AvgIpc) is 3.16. The number of Topliss-reactive ketones (excluding diaryl/α,β-unsaturated/α-hetero) is 1. The summed E-state index contributed by atoms with van der Waals surface area (Å²) >= 11 is 0. The van der Waals surface area contributed by atoms with Gasteiger partial charge in [0.25, 0.3) is 0 Å². The number of ketones is 1. The number of hydrogen-bond donors (Lipinski definition) is 2. The zero-order chi connectivity index (χ0) is 27.8. The predicted octanol–water partition coefficient (Wildman–Crippen LogP) is 4.96. The van der Waals surface area contributed by atoms with Crippen LogP contribution in [0.3, 0.4) is 0 Å². The van der Waals surface area contributed by atoms with Gasteiger partial charge in [-0.25, -0.2) is 4.79 Å². The summed E-state index contributed by atoms with van der Waals surface area (Å²) in [5.74, 6) is -4.13. The van der Waals surface area contributed by atoms with Gasteiger partial charge in [0.15, 0.2) is 0 Å². The number of phenols is 1. The van der Waals surface area contributed by atoms with E-state index in [1.807, 2.05) is 6.92 Å². The molecule has 4 rings (SSSR count). The molecule has 0 aromatic heterocycles. The lowest BCUT2D eigenvalue weighted by atomic mass is 9.75. The second kappa shape index (κ2) is 10.8.